The summed E-state index contributed by atoms with van der Waals surface area (Å²) in [6, 6.07) is 0. The van der Waals surface area contributed by atoms with Gasteiger partial charge in [-0.2, -0.15) is 0 Å². The molecule has 0 saturated carbocycles. The second kappa shape index (κ2) is 1.95. The van der Waals surface area contributed by atoms with Crippen LogP contribution in [-0.4, -0.2) is 35.5 Å². The molecular formula is C7H11NO3. The molecule has 4 nitrogen and oxygen atoms in total. The van der Waals surface area contributed by atoms with Crippen molar-refractivity contribution in [2.75, 3.05) is 6.54 Å². The summed E-state index contributed by atoms with van der Waals surface area (Å²) in [5.74, 6) is -0.521. The van der Waals surface area contributed by atoms with E-state index in [0.717, 1.165) is 4.74 Å². The molecule has 62 valence electrons. The lowest BCUT2D eigenvalue weighted by molar-refractivity contribution is -0.456. The molecule has 0 N–H and O–H groups in total. The molecule has 0 amide bonds. The average Bonchev–Trinajstić information content (AvgIpc) is 2.17. The Morgan fingerprint density at radius 1 is 1.55 bits per heavy atom. The predicted molar refractivity (Wildman–Crippen MR) is 38.4 cm³/mol. The summed E-state index contributed by atoms with van der Waals surface area (Å²) in [7, 11) is 0. The maximum absolute atomic E-state index is 10.8. The molecular weight excluding hydrogens is 146 g/mol. The van der Waals surface area contributed by atoms with E-state index < -0.39 is 5.79 Å². The first-order chi connectivity index (χ1) is 5.07. The van der Waals surface area contributed by atoms with Gasteiger partial charge in [0.05, 0.1) is 0 Å². The number of hydroxylamine groups is 1. The lowest BCUT2D eigenvalue weighted by atomic mass is 10.3. The van der Waals surface area contributed by atoms with Crippen molar-refractivity contribution in [1.82, 2.24) is 0 Å². The van der Waals surface area contributed by atoms with Crippen LogP contribution in [0.1, 0.15) is 13.8 Å². The molecule has 2 rings (SSSR count). The number of rotatable bonds is 0. The van der Waals surface area contributed by atoms with Crippen molar-refractivity contribution in [3.8, 4) is 0 Å². The monoisotopic (exact) mass is 157 g/mol. The van der Waals surface area contributed by atoms with Gasteiger partial charge in [0.15, 0.2) is 30.8 Å². The summed E-state index contributed by atoms with van der Waals surface area (Å²) >= 11 is 0. The van der Waals surface area contributed by atoms with Crippen molar-refractivity contribution in [2.45, 2.75) is 31.8 Å². The molecule has 0 spiro atoms. The van der Waals surface area contributed by atoms with Crippen molar-refractivity contribution in [3.05, 3.63) is 5.21 Å². The molecule has 0 aromatic carbocycles. The highest BCUT2D eigenvalue weighted by atomic mass is 16.8. The summed E-state index contributed by atoms with van der Waals surface area (Å²) in [6.07, 6.45) is 1.32. The quantitative estimate of drug-likeness (QED) is 0.370. The third-order valence-corrected chi connectivity index (χ3v) is 1.89. The highest BCUT2D eigenvalue weighted by molar-refractivity contribution is 5.61. The minimum absolute atomic E-state index is 0.0671. The molecule has 0 unspecified atom stereocenters. The van der Waals surface area contributed by atoms with Crippen LogP contribution in [0.3, 0.4) is 0 Å². The molecule has 0 aromatic rings. The largest absolute Gasteiger partial charge is 0.624 e. The maximum Gasteiger partial charge on any atom is 0.183 e. The van der Waals surface area contributed by atoms with Gasteiger partial charge < -0.3 is 14.7 Å². The van der Waals surface area contributed by atoms with Gasteiger partial charge in [-0.3, -0.25) is 0 Å². The summed E-state index contributed by atoms with van der Waals surface area (Å²) in [5, 5.41) is 10.8. The van der Waals surface area contributed by atoms with Crippen LogP contribution in [0, 0.1) is 5.21 Å². The van der Waals surface area contributed by atoms with Crippen LogP contribution in [0.25, 0.3) is 0 Å². The van der Waals surface area contributed by atoms with Crippen molar-refractivity contribution >= 4 is 6.21 Å². The van der Waals surface area contributed by atoms with E-state index in [1.807, 2.05) is 13.8 Å². The predicted octanol–water partition coefficient (Wildman–Crippen LogP) is 0.101. The van der Waals surface area contributed by atoms with Crippen molar-refractivity contribution in [2.24, 2.45) is 0 Å². The zero-order valence-electron chi connectivity index (χ0n) is 6.61. The Morgan fingerprint density at radius 2 is 2.27 bits per heavy atom. The zero-order chi connectivity index (χ0) is 8.06. The Labute approximate surface area is 65.0 Å². The Kier molecular flexibility index (Phi) is 1.25. The second-order valence-corrected chi connectivity index (χ2v) is 3.39. The third kappa shape index (κ3) is 1.12. The van der Waals surface area contributed by atoms with E-state index in [1.165, 1.54) is 6.21 Å². The number of hydrogen-bond donors (Lipinski definition) is 0. The highest BCUT2D eigenvalue weighted by Crippen LogP contribution is 2.29. The maximum atomic E-state index is 10.8. The summed E-state index contributed by atoms with van der Waals surface area (Å²) in [5.41, 5.74) is 0. The van der Waals surface area contributed by atoms with Gasteiger partial charge in [-0.15, -0.1) is 0 Å². The van der Waals surface area contributed by atoms with Gasteiger partial charge in [-0.05, 0) is 13.8 Å². The summed E-state index contributed by atoms with van der Waals surface area (Å²) in [6.45, 7) is 4.11. The minimum Gasteiger partial charge on any atom is -0.624 e. The fourth-order valence-corrected chi connectivity index (χ4v) is 1.53. The molecule has 0 aliphatic carbocycles. The molecule has 1 saturated heterocycles. The average molecular weight is 157 g/mol. The normalized spacial score (nSPS) is 40.4. The second-order valence-electron chi connectivity index (χ2n) is 3.39. The van der Waals surface area contributed by atoms with E-state index in [9.17, 15) is 5.21 Å². The lowest BCUT2D eigenvalue weighted by Crippen LogP contribution is -2.24. The molecule has 2 aliphatic rings. The lowest BCUT2D eigenvalue weighted by Gasteiger charge is -2.16. The van der Waals surface area contributed by atoms with Crippen LogP contribution in [0.2, 0.25) is 0 Å². The van der Waals surface area contributed by atoms with E-state index >= 15 is 0 Å². The SMILES string of the molecule is CC1(C)O[C@@H]2C=[N+]([O-])C[C@H]2O1. The van der Waals surface area contributed by atoms with E-state index in [0.29, 0.717) is 6.54 Å². The Hall–Kier alpha value is -0.610. The molecule has 4 heteroatoms. The third-order valence-electron chi connectivity index (χ3n) is 1.89. The van der Waals surface area contributed by atoms with Gasteiger partial charge in [0.25, 0.3) is 0 Å². The fraction of sp³-hybridized carbons (Fsp3) is 0.857. The van der Waals surface area contributed by atoms with Gasteiger partial charge in [-0.25, -0.2) is 4.74 Å². The molecule has 1 fully saturated rings. The van der Waals surface area contributed by atoms with Crippen LogP contribution in [0.15, 0.2) is 0 Å². The van der Waals surface area contributed by atoms with Gasteiger partial charge in [0, 0.05) is 0 Å². The Balaban J connectivity index is 2.13. The number of hydrogen-bond acceptors (Lipinski definition) is 3. The number of ether oxygens (including phenoxy) is 2. The van der Waals surface area contributed by atoms with Gasteiger partial charge in [-0.1, -0.05) is 0 Å². The van der Waals surface area contributed by atoms with Crippen molar-refractivity contribution < 1.29 is 14.2 Å². The van der Waals surface area contributed by atoms with Crippen LogP contribution >= 0.6 is 0 Å². The van der Waals surface area contributed by atoms with Crippen LogP contribution in [0.5, 0.6) is 0 Å². The van der Waals surface area contributed by atoms with Crippen LogP contribution in [0.4, 0.5) is 0 Å². The van der Waals surface area contributed by atoms with Crippen LogP contribution in [-0.2, 0) is 9.47 Å². The smallest absolute Gasteiger partial charge is 0.183 e. The molecule has 0 aromatic heterocycles. The van der Waals surface area contributed by atoms with E-state index in [2.05, 4.69) is 0 Å². The van der Waals surface area contributed by atoms with Gasteiger partial charge in [0.2, 0.25) is 0 Å². The molecule has 2 aliphatic heterocycles. The molecule has 11 heavy (non-hydrogen) atoms. The van der Waals surface area contributed by atoms with Gasteiger partial charge >= 0.3 is 0 Å². The molecule has 0 radical (unpaired) electrons. The van der Waals surface area contributed by atoms with E-state index in [1.54, 1.807) is 0 Å². The first-order valence-corrected chi connectivity index (χ1v) is 3.71. The highest BCUT2D eigenvalue weighted by Gasteiger charge is 2.47. The van der Waals surface area contributed by atoms with Crippen LogP contribution < -0.4 is 0 Å². The summed E-state index contributed by atoms with van der Waals surface area (Å²) in [4.78, 5) is 0. The summed E-state index contributed by atoms with van der Waals surface area (Å²) < 4.78 is 11.7. The molecule has 2 heterocycles. The topological polar surface area (TPSA) is 44.5 Å². The first-order valence-electron chi connectivity index (χ1n) is 3.71. The van der Waals surface area contributed by atoms with Gasteiger partial charge in [0.1, 0.15) is 0 Å². The Bertz CT molecular complexity index is 212. The number of fused-ring (bicyclic) bond motifs is 1. The molecule has 2 atom stereocenters. The zero-order valence-corrected chi connectivity index (χ0v) is 6.61. The van der Waals surface area contributed by atoms with E-state index in [4.69, 9.17) is 9.47 Å². The van der Waals surface area contributed by atoms with Crippen molar-refractivity contribution in [3.63, 3.8) is 0 Å². The first kappa shape index (κ1) is 7.06. The van der Waals surface area contributed by atoms with E-state index in [-0.39, 0.29) is 12.2 Å². The number of nitrogens with zero attached hydrogens (tertiary/aromatic N) is 1. The van der Waals surface area contributed by atoms with Crippen molar-refractivity contribution in [1.29, 1.82) is 0 Å². The minimum atomic E-state index is -0.521. The Morgan fingerprint density at radius 3 is 2.91 bits per heavy atom. The standard InChI is InChI=1S/C7H11NO3/c1-7(2)10-5-3-8(9)4-6(5)11-7/h3,5-6H,4H2,1-2H3/t5-,6-/m1/s1. The fourth-order valence-electron chi connectivity index (χ4n) is 1.53. The molecule has 0 bridgehead atoms.